The predicted octanol–water partition coefficient (Wildman–Crippen LogP) is 3.58. The van der Waals surface area contributed by atoms with Crippen molar-refractivity contribution in [2.45, 2.75) is 38.1 Å². The zero-order chi connectivity index (χ0) is 19.1. The average molecular weight is 367 g/mol. The first-order chi connectivity index (χ1) is 13.2. The van der Waals surface area contributed by atoms with Gasteiger partial charge in [-0.05, 0) is 43.0 Å². The molecule has 0 heterocycles. The van der Waals surface area contributed by atoms with Gasteiger partial charge in [-0.3, -0.25) is 0 Å². The SMILES string of the molecule is CCNC(=NCc1ccc(OC)c(O)c1)NCC1(c2ccccc2)CCC1. The van der Waals surface area contributed by atoms with Gasteiger partial charge in [0.1, 0.15) is 0 Å². The van der Waals surface area contributed by atoms with Crippen LogP contribution in [0, 0.1) is 0 Å². The van der Waals surface area contributed by atoms with Crippen molar-refractivity contribution < 1.29 is 9.84 Å². The molecule has 1 aliphatic rings. The molecule has 3 N–H and O–H groups in total. The van der Waals surface area contributed by atoms with E-state index in [1.807, 2.05) is 6.07 Å². The summed E-state index contributed by atoms with van der Waals surface area (Å²) >= 11 is 0. The van der Waals surface area contributed by atoms with Gasteiger partial charge in [-0.25, -0.2) is 4.99 Å². The number of methoxy groups -OCH3 is 1. The van der Waals surface area contributed by atoms with Crippen molar-refractivity contribution in [3.63, 3.8) is 0 Å². The number of hydrogen-bond donors (Lipinski definition) is 3. The molecule has 0 aromatic heterocycles. The number of nitrogens with one attached hydrogen (secondary N) is 2. The average Bonchev–Trinajstić information content (AvgIpc) is 2.66. The minimum Gasteiger partial charge on any atom is -0.504 e. The van der Waals surface area contributed by atoms with Crippen LogP contribution < -0.4 is 15.4 Å². The summed E-state index contributed by atoms with van der Waals surface area (Å²) in [6.07, 6.45) is 3.68. The summed E-state index contributed by atoms with van der Waals surface area (Å²) in [5, 5.41) is 16.8. The maximum absolute atomic E-state index is 9.93. The van der Waals surface area contributed by atoms with E-state index in [1.54, 1.807) is 19.2 Å². The van der Waals surface area contributed by atoms with Gasteiger partial charge in [0.25, 0.3) is 0 Å². The maximum atomic E-state index is 9.93. The molecule has 0 radical (unpaired) electrons. The Kier molecular flexibility index (Phi) is 6.22. The molecule has 5 nitrogen and oxygen atoms in total. The first-order valence-corrected chi connectivity index (χ1v) is 9.60. The first-order valence-electron chi connectivity index (χ1n) is 9.60. The topological polar surface area (TPSA) is 65.9 Å². The van der Waals surface area contributed by atoms with Crippen LogP contribution in [0.25, 0.3) is 0 Å². The van der Waals surface area contributed by atoms with Crippen LogP contribution in [0.5, 0.6) is 11.5 Å². The number of rotatable bonds is 7. The summed E-state index contributed by atoms with van der Waals surface area (Å²) in [5.74, 6) is 1.42. The van der Waals surface area contributed by atoms with Crippen molar-refractivity contribution in [1.82, 2.24) is 10.6 Å². The van der Waals surface area contributed by atoms with Gasteiger partial charge in [0, 0.05) is 18.5 Å². The van der Waals surface area contributed by atoms with Gasteiger partial charge in [0.05, 0.1) is 13.7 Å². The highest BCUT2D eigenvalue weighted by Crippen LogP contribution is 2.43. The van der Waals surface area contributed by atoms with E-state index in [4.69, 9.17) is 4.74 Å². The third-order valence-corrected chi connectivity index (χ3v) is 5.30. The minimum absolute atomic E-state index is 0.139. The first kappa shape index (κ1) is 19.1. The van der Waals surface area contributed by atoms with Crippen molar-refractivity contribution >= 4 is 5.96 Å². The molecule has 0 amide bonds. The molecule has 3 rings (SSSR count). The van der Waals surface area contributed by atoms with Gasteiger partial charge in [-0.2, -0.15) is 0 Å². The number of phenols is 1. The van der Waals surface area contributed by atoms with Gasteiger partial charge in [-0.1, -0.05) is 42.8 Å². The van der Waals surface area contributed by atoms with Gasteiger partial charge in [0.15, 0.2) is 17.5 Å². The van der Waals surface area contributed by atoms with Gasteiger partial charge < -0.3 is 20.5 Å². The maximum Gasteiger partial charge on any atom is 0.191 e. The van der Waals surface area contributed by atoms with Gasteiger partial charge >= 0.3 is 0 Å². The number of aliphatic imine (C=N–C) groups is 1. The van der Waals surface area contributed by atoms with Crippen molar-refractivity contribution in [2.75, 3.05) is 20.2 Å². The second-order valence-corrected chi connectivity index (χ2v) is 7.05. The molecule has 0 spiro atoms. The normalized spacial score (nSPS) is 15.7. The lowest BCUT2D eigenvalue weighted by atomic mass is 9.64. The highest BCUT2D eigenvalue weighted by atomic mass is 16.5. The lowest BCUT2D eigenvalue weighted by Crippen LogP contribution is -2.48. The molecular formula is C22H29N3O2. The molecular weight excluding hydrogens is 338 g/mol. The monoisotopic (exact) mass is 367 g/mol. The quantitative estimate of drug-likeness (QED) is 0.517. The Morgan fingerprint density at radius 1 is 1.15 bits per heavy atom. The molecule has 27 heavy (non-hydrogen) atoms. The van der Waals surface area contributed by atoms with Crippen LogP contribution in [0.2, 0.25) is 0 Å². The number of phenolic OH excluding ortho intramolecular Hbond substituents is 1. The van der Waals surface area contributed by atoms with Crippen LogP contribution in [0.3, 0.4) is 0 Å². The second-order valence-electron chi connectivity index (χ2n) is 7.05. The number of hydrogen-bond acceptors (Lipinski definition) is 3. The van der Waals surface area contributed by atoms with E-state index >= 15 is 0 Å². The lowest BCUT2D eigenvalue weighted by molar-refractivity contribution is 0.244. The van der Waals surface area contributed by atoms with E-state index in [9.17, 15) is 5.11 Å². The fourth-order valence-corrected chi connectivity index (χ4v) is 3.56. The molecule has 5 heteroatoms. The fraction of sp³-hybridized carbons (Fsp3) is 0.409. The third-order valence-electron chi connectivity index (χ3n) is 5.30. The zero-order valence-electron chi connectivity index (χ0n) is 16.2. The number of guanidine groups is 1. The van der Waals surface area contributed by atoms with E-state index < -0.39 is 0 Å². The van der Waals surface area contributed by atoms with E-state index in [0.29, 0.717) is 12.3 Å². The highest BCUT2D eigenvalue weighted by molar-refractivity contribution is 5.80. The van der Waals surface area contributed by atoms with Crippen LogP contribution in [0.4, 0.5) is 0 Å². The Morgan fingerprint density at radius 2 is 1.93 bits per heavy atom. The molecule has 1 aliphatic carbocycles. The Hall–Kier alpha value is -2.69. The number of ether oxygens (including phenoxy) is 1. The number of aromatic hydroxyl groups is 1. The van der Waals surface area contributed by atoms with E-state index in [-0.39, 0.29) is 11.2 Å². The number of nitrogens with zero attached hydrogens (tertiary/aromatic N) is 1. The van der Waals surface area contributed by atoms with E-state index in [0.717, 1.165) is 24.6 Å². The summed E-state index contributed by atoms with van der Waals surface area (Å²) in [6, 6.07) is 16.1. The van der Waals surface area contributed by atoms with E-state index in [2.05, 4.69) is 52.9 Å². The van der Waals surface area contributed by atoms with Crippen LogP contribution >= 0.6 is 0 Å². The Balaban J connectivity index is 1.66. The van der Waals surface area contributed by atoms with Crippen molar-refractivity contribution in [1.29, 1.82) is 0 Å². The highest BCUT2D eigenvalue weighted by Gasteiger charge is 2.38. The molecule has 0 bridgehead atoms. The molecule has 0 unspecified atom stereocenters. The molecule has 1 fully saturated rings. The van der Waals surface area contributed by atoms with Gasteiger partial charge in [-0.15, -0.1) is 0 Å². The fourth-order valence-electron chi connectivity index (χ4n) is 3.56. The predicted molar refractivity (Wildman–Crippen MR) is 109 cm³/mol. The largest absolute Gasteiger partial charge is 0.504 e. The third kappa shape index (κ3) is 4.54. The van der Waals surface area contributed by atoms with E-state index in [1.165, 1.54) is 24.8 Å². The summed E-state index contributed by atoms with van der Waals surface area (Å²) in [4.78, 5) is 4.68. The smallest absolute Gasteiger partial charge is 0.191 e. The zero-order valence-corrected chi connectivity index (χ0v) is 16.2. The standard InChI is InChI=1S/C22H29N3O2/c1-3-23-21(24-15-17-10-11-20(27-2)19(26)14-17)25-16-22(12-7-13-22)18-8-5-4-6-9-18/h4-6,8-11,14,26H,3,7,12-13,15-16H2,1-2H3,(H2,23,24,25). The van der Waals surface area contributed by atoms with Gasteiger partial charge in [0.2, 0.25) is 0 Å². The minimum atomic E-state index is 0.139. The molecule has 2 aromatic rings. The van der Waals surface area contributed by atoms with Crippen LogP contribution in [0.15, 0.2) is 53.5 Å². The summed E-state index contributed by atoms with van der Waals surface area (Å²) in [6.45, 7) is 4.23. The van der Waals surface area contributed by atoms with Crippen molar-refractivity contribution in [2.24, 2.45) is 4.99 Å². The Bertz CT molecular complexity index is 770. The van der Waals surface area contributed by atoms with Crippen LogP contribution in [-0.4, -0.2) is 31.3 Å². The summed E-state index contributed by atoms with van der Waals surface area (Å²) < 4.78 is 5.09. The number of benzene rings is 2. The van der Waals surface area contributed by atoms with Crippen molar-refractivity contribution in [3.8, 4) is 11.5 Å². The molecule has 0 atom stereocenters. The molecule has 0 aliphatic heterocycles. The Morgan fingerprint density at radius 3 is 2.52 bits per heavy atom. The molecule has 144 valence electrons. The molecule has 1 saturated carbocycles. The lowest BCUT2D eigenvalue weighted by Gasteiger charge is -2.43. The van der Waals surface area contributed by atoms with Crippen molar-refractivity contribution in [3.05, 3.63) is 59.7 Å². The Labute approximate surface area is 161 Å². The summed E-state index contributed by atoms with van der Waals surface area (Å²) in [5.41, 5.74) is 2.54. The second kappa shape index (κ2) is 8.80. The molecule has 2 aromatic carbocycles. The van der Waals surface area contributed by atoms with Crippen LogP contribution in [-0.2, 0) is 12.0 Å². The van der Waals surface area contributed by atoms with Crippen LogP contribution in [0.1, 0.15) is 37.3 Å². The molecule has 0 saturated heterocycles. The summed E-state index contributed by atoms with van der Waals surface area (Å²) in [7, 11) is 1.54.